The Morgan fingerprint density at radius 1 is 1.18 bits per heavy atom. The summed E-state index contributed by atoms with van der Waals surface area (Å²) in [5.41, 5.74) is 1.65. The van der Waals surface area contributed by atoms with Crippen molar-refractivity contribution in [1.29, 1.82) is 0 Å². The fourth-order valence-electron chi connectivity index (χ4n) is 1.83. The maximum Gasteiger partial charge on any atom is 0.234 e. The fourth-order valence-corrected chi connectivity index (χ4v) is 2.61. The number of benzene rings is 2. The monoisotopic (exact) mass is 335 g/mol. The second-order valence-corrected chi connectivity index (χ2v) is 6.19. The number of amides is 1. The highest BCUT2D eigenvalue weighted by molar-refractivity contribution is 7.99. The zero-order valence-corrected chi connectivity index (χ0v) is 13.9. The highest BCUT2D eigenvalue weighted by atomic mass is 35.5. The van der Waals surface area contributed by atoms with E-state index in [2.05, 4.69) is 5.32 Å². The van der Waals surface area contributed by atoms with Gasteiger partial charge in [0.2, 0.25) is 5.91 Å². The highest BCUT2D eigenvalue weighted by Gasteiger charge is 2.06. The quantitative estimate of drug-likeness (QED) is 0.762. The molecule has 2 aromatic rings. The lowest BCUT2D eigenvalue weighted by Gasteiger charge is -2.09. The van der Waals surface area contributed by atoms with Crippen molar-refractivity contribution in [3.05, 3.63) is 59.1 Å². The third kappa shape index (κ3) is 5.28. The fraction of sp³-hybridized carbons (Fsp3) is 0.235. The second-order valence-electron chi connectivity index (χ2n) is 4.67. The molecule has 1 amide bonds. The molecule has 0 aliphatic rings. The maximum absolute atomic E-state index is 11.9. The van der Waals surface area contributed by atoms with Gasteiger partial charge in [-0.15, -0.1) is 11.8 Å². The molecule has 0 aliphatic carbocycles. The predicted molar refractivity (Wildman–Crippen MR) is 94.1 cm³/mol. The van der Waals surface area contributed by atoms with Crippen molar-refractivity contribution in [2.45, 2.75) is 6.92 Å². The Morgan fingerprint density at radius 2 is 1.95 bits per heavy atom. The number of rotatable bonds is 7. The van der Waals surface area contributed by atoms with Gasteiger partial charge in [0.05, 0.1) is 12.4 Å². The number of ether oxygens (including phenoxy) is 1. The van der Waals surface area contributed by atoms with Crippen LogP contribution in [0.25, 0.3) is 0 Å². The SMILES string of the molecule is Cc1c(Cl)cccc1NC(=O)CSCCOc1ccccc1. The molecule has 0 heterocycles. The van der Waals surface area contributed by atoms with Gasteiger partial charge in [-0.25, -0.2) is 0 Å². The van der Waals surface area contributed by atoms with Gasteiger partial charge in [0, 0.05) is 16.5 Å². The molecule has 0 bridgehead atoms. The van der Waals surface area contributed by atoms with Crippen LogP contribution in [-0.2, 0) is 4.79 Å². The molecule has 5 heteroatoms. The van der Waals surface area contributed by atoms with Crippen LogP contribution in [0.4, 0.5) is 5.69 Å². The van der Waals surface area contributed by atoms with Gasteiger partial charge < -0.3 is 10.1 Å². The van der Waals surface area contributed by atoms with Gasteiger partial charge in [-0.1, -0.05) is 35.9 Å². The molecule has 116 valence electrons. The van der Waals surface area contributed by atoms with E-state index < -0.39 is 0 Å². The number of hydrogen-bond acceptors (Lipinski definition) is 3. The third-order valence-corrected chi connectivity index (χ3v) is 4.35. The van der Waals surface area contributed by atoms with Crippen molar-refractivity contribution >= 4 is 35.0 Å². The molecular formula is C17H18ClNO2S. The predicted octanol–water partition coefficient (Wildman–Crippen LogP) is 4.40. The lowest BCUT2D eigenvalue weighted by Crippen LogP contribution is -2.16. The van der Waals surface area contributed by atoms with E-state index in [1.807, 2.05) is 55.5 Å². The number of thioether (sulfide) groups is 1. The average Bonchev–Trinajstić information content (AvgIpc) is 2.52. The molecule has 0 radical (unpaired) electrons. The highest BCUT2D eigenvalue weighted by Crippen LogP contribution is 2.23. The Hall–Kier alpha value is -1.65. The van der Waals surface area contributed by atoms with Crippen LogP contribution in [0, 0.1) is 6.92 Å². The first-order valence-electron chi connectivity index (χ1n) is 6.97. The molecule has 0 aliphatic heterocycles. The van der Waals surface area contributed by atoms with Gasteiger partial charge in [-0.05, 0) is 36.8 Å². The molecule has 3 nitrogen and oxygen atoms in total. The summed E-state index contributed by atoms with van der Waals surface area (Å²) in [7, 11) is 0. The summed E-state index contributed by atoms with van der Waals surface area (Å²) in [6.45, 7) is 2.47. The van der Waals surface area contributed by atoms with Gasteiger partial charge in [0.1, 0.15) is 5.75 Å². The summed E-state index contributed by atoms with van der Waals surface area (Å²) in [5.74, 6) is 1.97. The lowest BCUT2D eigenvalue weighted by molar-refractivity contribution is -0.113. The van der Waals surface area contributed by atoms with Crippen molar-refractivity contribution in [3.63, 3.8) is 0 Å². The molecule has 0 fully saturated rings. The number of hydrogen-bond donors (Lipinski definition) is 1. The van der Waals surface area contributed by atoms with Crippen molar-refractivity contribution < 1.29 is 9.53 Å². The number of nitrogens with one attached hydrogen (secondary N) is 1. The van der Waals surface area contributed by atoms with E-state index in [0.717, 1.165) is 22.8 Å². The summed E-state index contributed by atoms with van der Waals surface area (Å²) in [6.07, 6.45) is 0. The van der Waals surface area contributed by atoms with E-state index in [9.17, 15) is 4.79 Å². The standard InChI is InChI=1S/C17H18ClNO2S/c1-13-15(18)8-5-9-16(13)19-17(20)12-22-11-10-21-14-6-3-2-4-7-14/h2-9H,10-12H2,1H3,(H,19,20). The molecule has 0 aromatic heterocycles. The molecule has 1 N–H and O–H groups in total. The molecule has 2 aromatic carbocycles. The van der Waals surface area contributed by atoms with Crippen LogP contribution in [-0.4, -0.2) is 24.0 Å². The second kappa shape index (κ2) is 8.71. The Labute approximate surface area is 140 Å². The summed E-state index contributed by atoms with van der Waals surface area (Å²) in [4.78, 5) is 11.9. The summed E-state index contributed by atoms with van der Waals surface area (Å²) >= 11 is 7.57. The molecule has 0 spiro atoms. The largest absolute Gasteiger partial charge is 0.493 e. The lowest BCUT2D eigenvalue weighted by atomic mass is 10.2. The van der Waals surface area contributed by atoms with Crippen LogP contribution in [0.2, 0.25) is 5.02 Å². The zero-order valence-electron chi connectivity index (χ0n) is 12.3. The summed E-state index contributed by atoms with van der Waals surface area (Å²) in [6, 6.07) is 15.1. The van der Waals surface area contributed by atoms with Gasteiger partial charge in [-0.2, -0.15) is 0 Å². The van der Waals surface area contributed by atoms with Crippen molar-refractivity contribution in [1.82, 2.24) is 0 Å². The first-order valence-corrected chi connectivity index (χ1v) is 8.50. The molecule has 2 rings (SSSR count). The molecular weight excluding hydrogens is 318 g/mol. The van der Waals surface area contributed by atoms with Crippen LogP contribution >= 0.6 is 23.4 Å². The minimum atomic E-state index is -0.0323. The number of carbonyl (C=O) groups is 1. The molecule has 0 saturated heterocycles. The van der Waals surface area contributed by atoms with Crippen LogP contribution in [0.15, 0.2) is 48.5 Å². The van der Waals surface area contributed by atoms with E-state index >= 15 is 0 Å². The van der Waals surface area contributed by atoms with E-state index in [1.54, 1.807) is 0 Å². The topological polar surface area (TPSA) is 38.3 Å². The molecule has 0 saturated carbocycles. The zero-order chi connectivity index (χ0) is 15.8. The van der Waals surface area contributed by atoms with Gasteiger partial charge in [0.25, 0.3) is 0 Å². The van der Waals surface area contributed by atoms with Gasteiger partial charge in [-0.3, -0.25) is 4.79 Å². The van der Waals surface area contributed by atoms with E-state index in [1.165, 1.54) is 11.8 Å². The van der Waals surface area contributed by atoms with Crippen molar-refractivity contribution in [2.24, 2.45) is 0 Å². The normalized spacial score (nSPS) is 10.3. The Balaban J connectivity index is 1.67. The number of halogens is 1. The van der Waals surface area contributed by atoms with Gasteiger partial charge in [0.15, 0.2) is 0 Å². The van der Waals surface area contributed by atoms with Crippen LogP contribution in [0.1, 0.15) is 5.56 Å². The van der Waals surface area contributed by atoms with Crippen molar-refractivity contribution in [3.8, 4) is 5.75 Å². The summed E-state index contributed by atoms with van der Waals surface area (Å²) < 4.78 is 5.57. The van der Waals surface area contributed by atoms with Crippen LogP contribution in [0.3, 0.4) is 0 Å². The number of anilines is 1. The van der Waals surface area contributed by atoms with Crippen molar-refractivity contribution in [2.75, 3.05) is 23.4 Å². The first-order chi connectivity index (χ1) is 10.7. The Morgan fingerprint density at radius 3 is 2.73 bits per heavy atom. The minimum absolute atomic E-state index is 0.0323. The number of para-hydroxylation sites is 1. The average molecular weight is 336 g/mol. The number of carbonyl (C=O) groups excluding carboxylic acids is 1. The first kappa shape index (κ1) is 16.7. The van der Waals surface area contributed by atoms with Crippen LogP contribution in [0.5, 0.6) is 5.75 Å². The molecule has 0 unspecified atom stereocenters. The van der Waals surface area contributed by atoms with E-state index in [0.29, 0.717) is 17.4 Å². The smallest absolute Gasteiger partial charge is 0.234 e. The third-order valence-electron chi connectivity index (χ3n) is 3.01. The van der Waals surface area contributed by atoms with Crippen LogP contribution < -0.4 is 10.1 Å². The van der Waals surface area contributed by atoms with E-state index in [-0.39, 0.29) is 5.91 Å². The molecule has 0 atom stereocenters. The van der Waals surface area contributed by atoms with Gasteiger partial charge >= 0.3 is 0 Å². The maximum atomic E-state index is 11.9. The molecule has 22 heavy (non-hydrogen) atoms. The Kier molecular flexibility index (Phi) is 6.62. The Bertz CT molecular complexity index is 619. The summed E-state index contributed by atoms with van der Waals surface area (Å²) in [5, 5.41) is 3.53. The van der Waals surface area contributed by atoms with E-state index in [4.69, 9.17) is 16.3 Å². The minimum Gasteiger partial charge on any atom is -0.493 e.